The van der Waals surface area contributed by atoms with Crippen molar-refractivity contribution in [1.29, 1.82) is 0 Å². The van der Waals surface area contributed by atoms with E-state index in [1.165, 1.54) is 0 Å². The van der Waals surface area contributed by atoms with Crippen molar-refractivity contribution < 1.29 is 17.7 Å². The zero-order chi connectivity index (χ0) is 10.3. The Hall–Kier alpha value is -0.390. The van der Waals surface area contributed by atoms with Crippen molar-refractivity contribution in [2.45, 2.75) is 32.5 Å². The van der Waals surface area contributed by atoms with Crippen molar-refractivity contribution in [1.82, 2.24) is 0 Å². The van der Waals surface area contributed by atoms with E-state index in [-0.39, 0.29) is 5.75 Å². The van der Waals surface area contributed by atoms with Gasteiger partial charge in [0.15, 0.2) is 6.29 Å². The number of hydrogen-bond acceptors (Lipinski definition) is 4. The van der Waals surface area contributed by atoms with E-state index in [1.54, 1.807) is 0 Å². The Morgan fingerprint density at radius 3 is 2.62 bits per heavy atom. The highest BCUT2D eigenvalue weighted by molar-refractivity contribution is 7.86. The molecule has 0 saturated heterocycles. The summed E-state index contributed by atoms with van der Waals surface area (Å²) in [6.07, 6.45) is 1.94. The van der Waals surface area contributed by atoms with E-state index < -0.39 is 16.4 Å². The fourth-order valence-electron chi connectivity index (χ4n) is 0.766. The van der Waals surface area contributed by atoms with Gasteiger partial charge in [-0.3, -0.25) is 0 Å². The molecule has 0 aliphatic rings. The molecule has 0 radical (unpaired) electrons. The normalized spacial score (nSPS) is 14.0. The predicted octanol–water partition coefficient (Wildman–Crippen LogP) is 1.03. The summed E-state index contributed by atoms with van der Waals surface area (Å²) < 4.78 is 26.4. The van der Waals surface area contributed by atoms with Crippen LogP contribution < -0.4 is 0 Å². The number of aliphatic hydroxyl groups excluding tert-OH is 1. The van der Waals surface area contributed by atoms with Gasteiger partial charge in [-0.15, -0.1) is 0 Å². The third-order valence-electron chi connectivity index (χ3n) is 1.44. The Bertz CT molecular complexity index is 233. The molecule has 78 valence electrons. The topological polar surface area (TPSA) is 63.6 Å². The minimum atomic E-state index is -3.59. The summed E-state index contributed by atoms with van der Waals surface area (Å²) in [6.45, 7) is 5.18. The molecular formula is C8H16O4S. The van der Waals surface area contributed by atoms with Crippen molar-refractivity contribution in [2.24, 2.45) is 0 Å². The van der Waals surface area contributed by atoms with E-state index in [0.29, 0.717) is 6.42 Å². The summed E-state index contributed by atoms with van der Waals surface area (Å²) >= 11 is 0. The summed E-state index contributed by atoms with van der Waals surface area (Å²) in [5, 5.41) is 8.83. The lowest BCUT2D eigenvalue weighted by molar-refractivity contribution is 0.0310. The van der Waals surface area contributed by atoms with Crippen LogP contribution in [-0.4, -0.2) is 25.6 Å². The Morgan fingerprint density at radius 1 is 1.54 bits per heavy atom. The standard InChI is InChI=1S/C8H16O4S/c1-3-5-6-7-13(10,11)12-8(9)4-2/h4,8-9H,2-3,5-7H2,1H3. The second-order valence-corrected chi connectivity index (χ2v) is 4.41. The predicted molar refractivity (Wildman–Crippen MR) is 50.6 cm³/mol. The smallest absolute Gasteiger partial charge is 0.270 e. The van der Waals surface area contributed by atoms with E-state index in [2.05, 4.69) is 10.8 Å². The molecule has 0 amide bonds. The zero-order valence-corrected chi connectivity index (χ0v) is 8.59. The molecule has 0 aliphatic heterocycles. The first kappa shape index (κ1) is 12.6. The molecule has 1 atom stereocenters. The van der Waals surface area contributed by atoms with Gasteiger partial charge in [-0.25, -0.2) is 4.18 Å². The molecule has 1 N–H and O–H groups in total. The molecule has 1 unspecified atom stereocenters. The van der Waals surface area contributed by atoms with Crippen LogP contribution in [0, 0.1) is 0 Å². The number of aliphatic hydroxyl groups is 1. The summed E-state index contributed by atoms with van der Waals surface area (Å²) in [5.74, 6) is -0.0499. The van der Waals surface area contributed by atoms with Crippen LogP contribution in [0.5, 0.6) is 0 Å². The summed E-state index contributed by atoms with van der Waals surface area (Å²) in [4.78, 5) is 0. The molecular weight excluding hydrogens is 192 g/mol. The van der Waals surface area contributed by atoms with Crippen molar-refractivity contribution in [3.63, 3.8) is 0 Å². The van der Waals surface area contributed by atoms with Crippen LogP contribution in [-0.2, 0) is 14.3 Å². The largest absolute Gasteiger partial charge is 0.364 e. The quantitative estimate of drug-likeness (QED) is 0.294. The van der Waals surface area contributed by atoms with E-state index in [4.69, 9.17) is 5.11 Å². The minimum Gasteiger partial charge on any atom is -0.364 e. The molecule has 0 aromatic rings. The fourth-order valence-corrected chi connectivity index (χ4v) is 1.80. The Balaban J connectivity index is 3.87. The van der Waals surface area contributed by atoms with Crippen molar-refractivity contribution in [3.05, 3.63) is 12.7 Å². The number of unbranched alkanes of at least 4 members (excludes halogenated alkanes) is 2. The maximum Gasteiger partial charge on any atom is 0.270 e. The highest BCUT2D eigenvalue weighted by Crippen LogP contribution is 2.04. The average Bonchev–Trinajstić information content (AvgIpc) is 2.03. The molecule has 0 spiro atoms. The SMILES string of the molecule is C=CC(O)OS(=O)(=O)CCCCC. The van der Waals surface area contributed by atoms with Gasteiger partial charge in [-0.2, -0.15) is 8.42 Å². The molecule has 4 nitrogen and oxygen atoms in total. The van der Waals surface area contributed by atoms with Gasteiger partial charge in [0.05, 0.1) is 5.75 Å². The first-order valence-corrected chi connectivity index (χ1v) is 5.81. The summed E-state index contributed by atoms with van der Waals surface area (Å²) in [7, 11) is -3.59. The van der Waals surface area contributed by atoms with Crippen molar-refractivity contribution >= 4 is 10.1 Å². The summed E-state index contributed by atoms with van der Waals surface area (Å²) in [5.41, 5.74) is 0. The molecule has 0 fully saturated rings. The molecule has 0 aromatic carbocycles. The van der Waals surface area contributed by atoms with Gasteiger partial charge in [0.2, 0.25) is 0 Å². The summed E-state index contributed by atoms with van der Waals surface area (Å²) in [6, 6.07) is 0. The Kier molecular flexibility index (Phi) is 5.94. The van der Waals surface area contributed by atoms with Crippen molar-refractivity contribution in [3.8, 4) is 0 Å². The third-order valence-corrected chi connectivity index (χ3v) is 2.72. The number of rotatable bonds is 7. The van der Waals surface area contributed by atoms with E-state index >= 15 is 0 Å². The molecule has 0 rings (SSSR count). The van der Waals surface area contributed by atoms with Gasteiger partial charge < -0.3 is 5.11 Å². The second kappa shape index (κ2) is 6.12. The van der Waals surface area contributed by atoms with Crippen LogP contribution in [0.4, 0.5) is 0 Å². The number of hydrogen-bond donors (Lipinski definition) is 1. The lowest BCUT2D eigenvalue weighted by atomic mass is 10.3. The zero-order valence-electron chi connectivity index (χ0n) is 7.77. The van der Waals surface area contributed by atoms with Crippen LogP contribution in [0.3, 0.4) is 0 Å². The second-order valence-electron chi connectivity index (χ2n) is 2.69. The average molecular weight is 208 g/mol. The Morgan fingerprint density at radius 2 is 2.15 bits per heavy atom. The monoisotopic (exact) mass is 208 g/mol. The maximum atomic E-state index is 11.0. The van der Waals surface area contributed by atoms with Crippen LogP contribution in [0.25, 0.3) is 0 Å². The third kappa shape index (κ3) is 6.74. The molecule has 5 heteroatoms. The van der Waals surface area contributed by atoms with Gasteiger partial charge in [0.1, 0.15) is 0 Å². The first-order chi connectivity index (χ1) is 6.02. The van der Waals surface area contributed by atoms with Gasteiger partial charge in [0, 0.05) is 0 Å². The minimum absolute atomic E-state index is 0.0499. The fraction of sp³-hybridized carbons (Fsp3) is 0.750. The molecule has 0 aliphatic carbocycles. The van der Waals surface area contributed by atoms with Crippen LogP contribution in [0.1, 0.15) is 26.2 Å². The van der Waals surface area contributed by atoms with Gasteiger partial charge >= 0.3 is 0 Å². The van der Waals surface area contributed by atoms with Crippen LogP contribution in [0.15, 0.2) is 12.7 Å². The highest BCUT2D eigenvalue weighted by atomic mass is 32.2. The van der Waals surface area contributed by atoms with Crippen LogP contribution in [0.2, 0.25) is 0 Å². The van der Waals surface area contributed by atoms with Crippen LogP contribution >= 0.6 is 0 Å². The molecule has 0 saturated carbocycles. The molecule has 0 bridgehead atoms. The van der Waals surface area contributed by atoms with Gasteiger partial charge in [-0.1, -0.05) is 26.3 Å². The van der Waals surface area contributed by atoms with Gasteiger partial charge in [0.25, 0.3) is 10.1 Å². The van der Waals surface area contributed by atoms with Crippen molar-refractivity contribution in [2.75, 3.05) is 5.75 Å². The lowest BCUT2D eigenvalue weighted by Crippen LogP contribution is -2.18. The van der Waals surface area contributed by atoms with E-state index in [0.717, 1.165) is 18.9 Å². The Labute approximate surface area is 79.3 Å². The lowest BCUT2D eigenvalue weighted by Gasteiger charge is -2.07. The van der Waals surface area contributed by atoms with Gasteiger partial charge in [-0.05, 0) is 12.5 Å². The van der Waals surface area contributed by atoms with E-state index in [1.807, 2.05) is 6.92 Å². The highest BCUT2D eigenvalue weighted by Gasteiger charge is 2.14. The molecule has 13 heavy (non-hydrogen) atoms. The van der Waals surface area contributed by atoms with E-state index in [9.17, 15) is 8.42 Å². The maximum absolute atomic E-state index is 11.0. The molecule has 0 heterocycles. The molecule has 0 aromatic heterocycles. The first-order valence-electron chi connectivity index (χ1n) is 4.23.